The molecule has 3 heteroatoms. The molecular weight excluding hydrogens is 298 g/mol. The van der Waals surface area contributed by atoms with Gasteiger partial charge in [-0.05, 0) is 29.0 Å². The number of carbonyl (C=O) groups excluding carboxylic acids is 1. The van der Waals surface area contributed by atoms with Crippen molar-refractivity contribution in [2.24, 2.45) is 5.92 Å². The highest BCUT2D eigenvalue weighted by Gasteiger charge is 2.18. The standard InChI is InChI=1S/C21H27NO2/c1-15(2)18-12-8-9-13-19(18)24-14-20(23)22-21(16(3)4)17-10-6-5-7-11-17/h5-13,15-16,21H,14H2,1-4H3,(H,22,23). The normalized spacial score (nSPS) is 12.2. The van der Waals surface area contributed by atoms with E-state index in [2.05, 4.69) is 33.0 Å². The summed E-state index contributed by atoms with van der Waals surface area (Å²) < 4.78 is 5.76. The quantitative estimate of drug-likeness (QED) is 0.801. The van der Waals surface area contributed by atoms with Gasteiger partial charge in [-0.2, -0.15) is 0 Å². The van der Waals surface area contributed by atoms with Crippen LogP contribution in [0.2, 0.25) is 0 Å². The van der Waals surface area contributed by atoms with Crippen molar-refractivity contribution >= 4 is 5.91 Å². The van der Waals surface area contributed by atoms with Crippen LogP contribution in [-0.4, -0.2) is 12.5 Å². The average Bonchev–Trinajstić information content (AvgIpc) is 2.58. The van der Waals surface area contributed by atoms with E-state index in [0.717, 1.165) is 16.9 Å². The molecule has 3 nitrogen and oxygen atoms in total. The van der Waals surface area contributed by atoms with Crippen LogP contribution in [-0.2, 0) is 4.79 Å². The van der Waals surface area contributed by atoms with E-state index in [-0.39, 0.29) is 18.6 Å². The molecule has 1 N–H and O–H groups in total. The van der Waals surface area contributed by atoms with Crippen molar-refractivity contribution in [1.29, 1.82) is 0 Å². The summed E-state index contributed by atoms with van der Waals surface area (Å²) in [5.41, 5.74) is 2.23. The summed E-state index contributed by atoms with van der Waals surface area (Å²) in [6, 6.07) is 17.9. The second-order valence-corrected chi connectivity index (χ2v) is 6.68. The second-order valence-electron chi connectivity index (χ2n) is 6.68. The lowest BCUT2D eigenvalue weighted by molar-refractivity contribution is -0.124. The van der Waals surface area contributed by atoms with Gasteiger partial charge < -0.3 is 10.1 Å². The average molecular weight is 325 g/mol. The zero-order valence-corrected chi connectivity index (χ0v) is 15.0. The van der Waals surface area contributed by atoms with E-state index in [9.17, 15) is 4.79 Å². The summed E-state index contributed by atoms with van der Waals surface area (Å²) in [5, 5.41) is 3.09. The summed E-state index contributed by atoms with van der Waals surface area (Å²) in [5.74, 6) is 1.34. The Labute approximate surface area is 145 Å². The Balaban J connectivity index is 2.00. The monoisotopic (exact) mass is 325 g/mol. The smallest absolute Gasteiger partial charge is 0.258 e. The summed E-state index contributed by atoms with van der Waals surface area (Å²) >= 11 is 0. The topological polar surface area (TPSA) is 38.3 Å². The molecule has 1 amide bonds. The number of hydrogen-bond acceptors (Lipinski definition) is 2. The number of carbonyl (C=O) groups is 1. The van der Waals surface area contributed by atoms with Gasteiger partial charge in [-0.3, -0.25) is 4.79 Å². The molecule has 0 saturated heterocycles. The number of nitrogens with one attached hydrogen (secondary N) is 1. The number of benzene rings is 2. The number of hydrogen-bond donors (Lipinski definition) is 1. The van der Waals surface area contributed by atoms with Crippen LogP contribution in [0.25, 0.3) is 0 Å². The predicted molar refractivity (Wildman–Crippen MR) is 98.2 cm³/mol. The summed E-state index contributed by atoms with van der Waals surface area (Å²) in [4.78, 5) is 12.3. The molecule has 0 bridgehead atoms. The number of rotatable bonds is 7. The largest absolute Gasteiger partial charge is 0.483 e. The third-order valence-electron chi connectivity index (χ3n) is 4.04. The molecule has 2 aromatic carbocycles. The van der Waals surface area contributed by atoms with E-state index in [1.54, 1.807) is 0 Å². The molecule has 0 aromatic heterocycles. The minimum atomic E-state index is -0.101. The van der Waals surface area contributed by atoms with Crippen LogP contribution in [0.15, 0.2) is 54.6 Å². The molecule has 0 aliphatic rings. The third-order valence-corrected chi connectivity index (χ3v) is 4.04. The van der Waals surface area contributed by atoms with Crippen molar-refractivity contribution in [2.45, 2.75) is 39.7 Å². The van der Waals surface area contributed by atoms with Crippen molar-refractivity contribution in [3.05, 3.63) is 65.7 Å². The lowest BCUT2D eigenvalue weighted by Crippen LogP contribution is -2.35. The minimum absolute atomic E-state index is 0.0114. The molecule has 0 spiro atoms. The van der Waals surface area contributed by atoms with Crippen LogP contribution in [0.5, 0.6) is 5.75 Å². The molecule has 2 aromatic rings. The van der Waals surface area contributed by atoms with Crippen LogP contribution < -0.4 is 10.1 Å². The van der Waals surface area contributed by atoms with Crippen LogP contribution in [0, 0.1) is 5.92 Å². The van der Waals surface area contributed by atoms with Crippen LogP contribution in [0.4, 0.5) is 0 Å². The Bertz CT molecular complexity index is 650. The Morgan fingerprint density at radius 2 is 1.58 bits per heavy atom. The van der Waals surface area contributed by atoms with Gasteiger partial charge in [-0.25, -0.2) is 0 Å². The molecule has 0 saturated carbocycles. The minimum Gasteiger partial charge on any atom is -0.483 e. The Kier molecular flexibility index (Phi) is 6.42. The fraction of sp³-hybridized carbons (Fsp3) is 0.381. The van der Waals surface area contributed by atoms with E-state index in [1.807, 2.05) is 54.6 Å². The van der Waals surface area contributed by atoms with Gasteiger partial charge in [0, 0.05) is 0 Å². The highest BCUT2D eigenvalue weighted by atomic mass is 16.5. The maximum absolute atomic E-state index is 12.3. The number of para-hydroxylation sites is 1. The maximum Gasteiger partial charge on any atom is 0.258 e. The lowest BCUT2D eigenvalue weighted by atomic mass is 9.96. The first kappa shape index (κ1) is 18.1. The van der Waals surface area contributed by atoms with E-state index >= 15 is 0 Å². The van der Waals surface area contributed by atoms with Gasteiger partial charge >= 0.3 is 0 Å². The molecule has 1 unspecified atom stereocenters. The fourth-order valence-electron chi connectivity index (χ4n) is 2.74. The van der Waals surface area contributed by atoms with Crippen molar-refractivity contribution in [3.63, 3.8) is 0 Å². The van der Waals surface area contributed by atoms with E-state index in [4.69, 9.17) is 4.74 Å². The SMILES string of the molecule is CC(C)c1ccccc1OCC(=O)NC(c1ccccc1)C(C)C. The molecule has 2 rings (SSSR count). The highest BCUT2D eigenvalue weighted by molar-refractivity contribution is 5.78. The molecular formula is C21H27NO2. The lowest BCUT2D eigenvalue weighted by Gasteiger charge is -2.23. The maximum atomic E-state index is 12.3. The van der Waals surface area contributed by atoms with E-state index < -0.39 is 0 Å². The molecule has 1 atom stereocenters. The zero-order chi connectivity index (χ0) is 17.5. The van der Waals surface area contributed by atoms with Crippen molar-refractivity contribution < 1.29 is 9.53 Å². The molecule has 0 heterocycles. The van der Waals surface area contributed by atoms with Gasteiger partial charge in [-0.15, -0.1) is 0 Å². The molecule has 0 aliphatic heterocycles. The number of ether oxygens (including phenoxy) is 1. The third kappa shape index (κ3) is 4.85. The zero-order valence-electron chi connectivity index (χ0n) is 15.0. The Morgan fingerprint density at radius 3 is 2.21 bits per heavy atom. The van der Waals surface area contributed by atoms with Gasteiger partial charge in [0.15, 0.2) is 6.61 Å². The molecule has 24 heavy (non-hydrogen) atoms. The van der Waals surface area contributed by atoms with Crippen molar-refractivity contribution in [1.82, 2.24) is 5.32 Å². The fourth-order valence-corrected chi connectivity index (χ4v) is 2.74. The Hall–Kier alpha value is -2.29. The van der Waals surface area contributed by atoms with Crippen LogP contribution in [0.1, 0.15) is 50.8 Å². The molecule has 128 valence electrons. The molecule has 0 radical (unpaired) electrons. The summed E-state index contributed by atoms with van der Waals surface area (Å²) in [7, 11) is 0. The first-order chi connectivity index (χ1) is 11.5. The molecule has 0 fully saturated rings. The van der Waals surface area contributed by atoms with Crippen LogP contribution in [0.3, 0.4) is 0 Å². The summed E-state index contributed by atoms with van der Waals surface area (Å²) in [6.07, 6.45) is 0. The first-order valence-corrected chi connectivity index (χ1v) is 8.55. The predicted octanol–water partition coefficient (Wildman–Crippen LogP) is 4.70. The van der Waals surface area contributed by atoms with Gasteiger partial charge in [0.1, 0.15) is 5.75 Å². The highest BCUT2D eigenvalue weighted by Crippen LogP contribution is 2.26. The van der Waals surface area contributed by atoms with Crippen LogP contribution >= 0.6 is 0 Å². The Morgan fingerprint density at radius 1 is 0.958 bits per heavy atom. The first-order valence-electron chi connectivity index (χ1n) is 8.55. The van der Waals surface area contributed by atoms with Crippen molar-refractivity contribution in [2.75, 3.05) is 6.61 Å². The second kappa shape index (κ2) is 8.53. The van der Waals surface area contributed by atoms with Gasteiger partial charge in [0.25, 0.3) is 5.91 Å². The van der Waals surface area contributed by atoms with E-state index in [0.29, 0.717) is 11.8 Å². The van der Waals surface area contributed by atoms with Gasteiger partial charge in [0.2, 0.25) is 0 Å². The van der Waals surface area contributed by atoms with E-state index in [1.165, 1.54) is 0 Å². The van der Waals surface area contributed by atoms with Crippen molar-refractivity contribution in [3.8, 4) is 5.75 Å². The summed E-state index contributed by atoms with van der Waals surface area (Å²) in [6.45, 7) is 8.47. The van der Waals surface area contributed by atoms with Gasteiger partial charge in [0.05, 0.1) is 6.04 Å². The number of amides is 1. The van der Waals surface area contributed by atoms with Gasteiger partial charge in [-0.1, -0.05) is 76.2 Å². The molecule has 0 aliphatic carbocycles.